The molecule has 1 fully saturated rings. The Kier molecular flexibility index (Phi) is 5.19. The minimum Gasteiger partial charge on any atom is -0.493 e. The maximum Gasteiger partial charge on any atom is 0.180 e. The molecule has 0 unspecified atom stereocenters. The molecule has 0 bridgehead atoms. The van der Waals surface area contributed by atoms with Crippen molar-refractivity contribution >= 4 is 17.4 Å². The Morgan fingerprint density at radius 1 is 1.42 bits per heavy atom. The van der Waals surface area contributed by atoms with E-state index in [1.54, 1.807) is 18.2 Å². The van der Waals surface area contributed by atoms with Crippen LogP contribution in [0, 0.1) is 0 Å². The highest BCUT2D eigenvalue weighted by Gasteiger charge is 2.18. The SMILES string of the molecule is CCOc1ccc(Cl)cc1C(=O)CN1CCOCC1. The van der Waals surface area contributed by atoms with Gasteiger partial charge in [0.15, 0.2) is 5.78 Å². The largest absolute Gasteiger partial charge is 0.493 e. The Labute approximate surface area is 118 Å². The summed E-state index contributed by atoms with van der Waals surface area (Å²) in [7, 11) is 0. The monoisotopic (exact) mass is 283 g/mol. The number of halogens is 1. The fraction of sp³-hybridized carbons (Fsp3) is 0.500. The predicted octanol–water partition coefficient (Wildman–Crippen LogP) is 2.25. The number of ether oxygens (including phenoxy) is 2. The zero-order chi connectivity index (χ0) is 13.7. The van der Waals surface area contributed by atoms with E-state index < -0.39 is 0 Å². The van der Waals surface area contributed by atoms with Gasteiger partial charge in [0.2, 0.25) is 0 Å². The Morgan fingerprint density at radius 2 is 2.16 bits per heavy atom. The quantitative estimate of drug-likeness (QED) is 0.777. The Morgan fingerprint density at radius 3 is 2.84 bits per heavy atom. The van der Waals surface area contributed by atoms with Crippen molar-refractivity contribution in [3.05, 3.63) is 28.8 Å². The van der Waals surface area contributed by atoms with E-state index in [-0.39, 0.29) is 5.78 Å². The summed E-state index contributed by atoms with van der Waals surface area (Å²) in [6.45, 7) is 5.74. The number of nitrogens with zero attached hydrogens (tertiary/aromatic N) is 1. The second kappa shape index (κ2) is 6.89. The lowest BCUT2D eigenvalue weighted by molar-refractivity contribution is 0.0370. The number of carbonyl (C=O) groups excluding carboxylic acids is 1. The van der Waals surface area contributed by atoms with Crippen molar-refractivity contribution in [2.24, 2.45) is 0 Å². The van der Waals surface area contributed by atoms with Crippen molar-refractivity contribution in [1.82, 2.24) is 4.90 Å². The lowest BCUT2D eigenvalue weighted by Gasteiger charge is -2.26. The standard InChI is InChI=1S/C14H18ClNO3/c1-2-19-14-4-3-11(15)9-12(14)13(17)10-16-5-7-18-8-6-16/h3-4,9H,2,5-8,10H2,1H3. The molecule has 1 heterocycles. The number of benzene rings is 1. The molecule has 1 aliphatic heterocycles. The van der Waals surface area contributed by atoms with Crippen LogP contribution >= 0.6 is 11.6 Å². The number of ketones is 1. The first-order valence-electron chi connectivity index (χ1n) is 6.46. The zero-order valence-electron chi connectivity index (χ0n) is 11.0. The molecule has 1 aromatic carbocycles. The van der Waals surface area contributed by atoms with Gasteiger partial charge < -0.3 is 9.47 Å². The van der Waals surface area contributed by atoms with Gasteiger partial charge in [0.25, 0.3) is 0 Å². The Hall–Kier alpha value is -1.10. The maximum absolute atomic E-state index is 12.3. The minimum absolute atomic E-state index is 0.0350. The number of Topliss-reactive ketones (excluding diaryl/α,β-unsaturated/α-hetero) is 1. The molecule has 0 spiro atoms. The van der Waals surface area contributed by atoms with E-state index in [0.717, 1.165) is 13.1 Å². The zero-order valence-corrected chi connectivity index (χ0v) is 11.8. The molecular weight excluding hydrogens is 266 g/mol. The molecule has 4 nitrogen and oxygen atoms in total. The van der Waals surface area contributed by atoms with Gasteiger partial charge in [-0.05, 0) is 25.1 Å². The highest BCUT2D eigenvalue weighted by atomic mass is 35.5. The number of morpholine rings is 1. The van der Waals surface area contributed by atoms with Gasteiger partial charge in [0.1, 0.15) is 5.75 Å². The topological polar surface area (TPSA) is 38.8 Å². The number of hydrogen-bond acceptors (Lipinski definition) is 4. The highest BCUT2D eigenvalue weighted by Crippen LogP contribution is 2.23. The molecule has 0 amide bonds. The summed E-state index contributed by atoms with van der Waals surface area (Å²) < 4.78 is 10.7. The van der Waals surface area contributed by atoms with Gasteiger partial charge in [-0.3, -0.25) is 9.69 Å². The van der Waals surface area contributed by atoms with E-state index in [2.05, 4.69) is 4.90 Å². The summed E-state index contributed by atoms with van der Waals surface area (Å²) >= 11 is 5.96. The number of rotatable bonds is 5. The maximum atomic E-state index is 12.3. The second-order valence-corrected chi connectivity index (χ2v) is 4.82. The third-order valence-corrected chi connectivity index (χ3v) is 3.25. The summed E-state index contributed by atoms with van der Waals surface area (Å²) in [5, 5.41) is 0.550. The molecule has 0 atom stereocenters. The van der Waals surface area contributed by atoms with Crippen LogP contribution in [0.4, 0.5) is 0 Å². The summed E-state index contributed by atoms with van der Waals surface area (Å²) in [4.78, 5) is 14.4. The molecule has 1 aliphatic rings. The van der Waals surface area contributed by atoms with Crippen LogP contribution in [0.2, 0.25) is 5.02 Å². The van der Waals surface area contributed by atoms with Crippen LogP contribution in [-0.4, -0.2) is 50.1 Å². The normalized spacial score (nSPS) is 16.3. The van der Waals surface area contributed by atoms with Gasteiger partial charge in [-0.15, -0.1) is 0 Å². The van der Waals surface area contributed by atoms with E-state index >= 15 is 0 Å². The average Bonchev–Trinajstić information content (AvgIpc) is 2.42. The van der Waals surface area contributed by atoms with Crippen molar-refractivity contribution in [3.63, 3.8) is 0 Å². The summed E-state index contributed by atoms with van der Waals surface area (Å²) in [6, 6.07) is 5.16. The first-order valence-corrected chi connectivity index (χ1v) is 6.84. The van der Waals surface area contributed by atoms with Crippen molar-refractivity contribution in [2.45, 2.75) is 6.92 Å². The second-order valence-electron chi connectivity index (χ2n) is 4.39. The summed E-state index contributed by atoms with van der Waals surface area (Å²) in [5.74, 6) is 0.637. The summed E-state index contributed by atoms with van der Waals surface area (Å²) in [5.41, 5.74) is 0.556. The molecule has 0 saturated carbocycles. The van der Waals surface area contributed by atoms with Gasteiger partial charge in [-0.2, -0.15) is 0 Å². The van der Waals surface area contributed by atoms with Crippen molar-refractivity contribution in [2.75, 3.05) is 39.5 Å². The fourth-order valence-corrected chi connectivity index (χ4v) is 2.22. The Bertz CT molecular complexity index is 444. The molecule has 0 N–H and O–H groups in total. The fourth-order valence-electron chi connectivity index (χ4n) is 2.05. The van der Waals surface area contributed by atoms with Crippen molar-refractivity contribution < 1.29 is 14.3 Å². The molecule has 1 aromatic rings. The van der Waals surface area contributed by atoms with Gasteiger partial charge in [-0.25, -0.2) is 0 Å². The third kappa shape index (κ3) is 3.93. The van der Waals surface area contributed by atoms with Crippen LogP contribution in [0.5, 0.6) is 5.75 Å². The van der Waals surface area contributed by atoms with E-state index in [1.165, 1.54) is 0 Å². The van der Waals surface area contributed by atoms with E-state index in [4.69, 9.17) is 21.1 Å². The van der Waals surface area contributed by atoms with Gasteiger partial charge >= 0.3 is 0 Å². The Balaban J connectivity index is 2.10. The molecule has 1 saturated heterocycles. The van der Waals surface area contributed by atoms with Crippen molar-refractivity contribution in [3.8, 4) is 5.75 Å². The predicted molar refractivity (Wildman–Crippen MR) is 74.2 cm³/mol. The molecule has 19 heavy (non-hydrogen) atoms. The highest BCUT2D eigenvalue weighted by molar-refractivity contribution is 6.31. The average molecular weight is 284 g/mol. The third-order valence-electron chi connectivity index (χ3n) is 3.01. The van der Waals surface area contributed by atoms with Crippen molar-refractivity contribution in [1.29, 1.82) is 0 Å². The smallest absolute Gasteiger partial charge is 0.180 e. The van der Waals surface area contributed by atoms with Gasteiger partial charge in [0, 0.05) is 18.1 Å². The van der Waals surface area contributed by atoms with Crippen LogP contribution in [0.15, 0.2) is 18.2 Å². The molecule has 2 rings (SSSR count). The lowest BCUT2D eigenvalue weighted by atomic mass is 10.1. The first kappa shape index (κ1) is 14.3. The molecule has 0 aliphatic carbocycles. The van der Waals surface area contributed by atoms with E-state index in [1.807, 2.05) is 6.92 Å². The van der Waals surface area contributed by atoms with Gasteiger partial charge in [-0.1, -0.05) is 11.6 Å². The van der Waals surface area contributed by atoms with E-state index in [0.29, 0.717) is 42.7 Å². The number of carbonyl (C=O) groups is 1. The van der Waals surface area contributed by atoms with E-state index in [9.17, 15) is 4.79 Å². The molecular formula is C14H18ClNO3. The molecule has 104 valence electrons. The molecule has 0 aromatic heterocycles. The van der Waals surface area contributed by atoms with Crippen LogP contribution in [0.25, 0.3) is 0 Å². The first-order chi connectivity index (χ1) is 9.20. The van der Waals surface area contributed by atoms with Crippen LogP contribution < -0.4 is 4.74 Å². The molecule has 0 radical (unpaired) electrons. The molecule has 5 heteroatoms. The minimum atomic E-state index is 0.0350. The number of hydrogen-bond donors (Lipinski definition) is 0. The van der Waals surface area contributed by atoms with Gasteiger partial charge in [0.05, 0.1) is 31.9 Å². The lowest BCUT2D eigenvalue weighted by Crippen LogP contribution is -2.39. The van der Waals surface area contributed by atoms with Crippen LogP contribution in [0.1, 0.15) is 17.3 Å². The summed E-state index contributed by atoms with van der Waals surface area (Å²) in [6.07, 6.45) is 0. The van der Waals surface area contributed by atoms with Crippen LogP contribution in [-0.2, 0) is 4.74 Å². The van der Waals surface area contributed by atoms with Crippen LogP contribution in [0.3, 0.4) is 0 Å².